The van der Waals surface area contributed by atoms with Crippen LogP contribution >= 0.6 is 0 Å². The van der Waals surface area contributed by atoms with Gasteiger partial charge in [-0.1, -0.05) is 24.8 Å². The topological polar surface area (TPSA) is 41.9 Å². The van der Waals surface area contributed by atoms with Gasteiger partial charge in [0.2, 0.25) is 0 Å². The molecule has 0 fully saturated rings. The Balaban J connectivity index is 2.92. The molecule has 0 aromatic heterocycles. The van der Waals surface area contributed by atoms with Crippen molar-refractivity contribution < 1.29 is 22.7 Å². The number of ether oxygens (including phenoxy) is 1. The van der Waals surface area contributed by atoms with Gasteiger partial charge >= 0.3 is 6.36 Å². The summed E-state index contributed by atoms with van der Waals surface area (Å²) in [4.78, 5) is 17.4. The van der Waals surface area contributed by atoms with Crippen LogP contribution in [0.1, 0.15) is 12.5 Å². The maximum atomic E-state index is 12.2. The molecule has 23 heavy (non-hydrogen) atoms. The molecule has 1 rings (SSSR count). The Kier molecular flexibility index (Phi) is 6.56. The van der Waals surface area contributed by atoms with Crippen molar-refractivity contribution in [3.8, 4) is 5.75 Å². The van der Waals surface area contributed by atoms with Gasteiger partial charge in [-0.15, -0.1) is 19.8 Å². The van der Waals surface area contributed by atoms with Crippen LogP contribution < -0.4 is 4.74 Å². The first-order valence-corrected chi connectivity index (χ1v) is 6.69. The number of nitrogens with zero attached hydrogens (tertiary/aromatic N) is 2. The van der Waals surface area contributed by atoms with Crippen molar-refractivity contribution in [1.82, 2.24) is 4.90 Å². The molecule has 1 aromatic carbocycles. The normalized spacial score (nSPS) is 11.3. The molecule has 0 radical (unpaired) electrons. The Bertz CT molecular complexity index is 610. The Morgan fingerprint density at radius 2 is 2.13 bits per heavy atom. The van der Waals surface area contributed by atoms with Gasteiger partial charge in [0, 0.05) is 19.3 Å². The SMILES string of the molecule is C=CCN(Cc1cccc(OC(F)(F)F)c1)C(=O)C(=C)N=CC. The van der Waals surface area contributed by atoms with Crippen molar-refractivity contribution >= 4 is 12.1 Å². The Morgan fingerprint density at radius 3 is 2.70 bits per heavy atom. The van der Waals surface area contributed by atoms with Crippen molar-refractivity contribution in [3.05, 3.63) is 54.8 Å². The lowest BCUT2D eigenvalue weighted by atomic mass is 10.2. The maximum absolute atomic E-state index is 12.2. The van der Waals surface area contributed by atoms with Crippen LogP contribution in [0.3, 0.4) is 0 Å². The Morgan fingerprint density at radius 1 is 1.43 bits per heavy atom. The highest BCUT2D eigenvalue weighted by Gasteiger charge is 2.31. The number of rotatable bonds is 7. The summed E-state index contributed by atoms with van der Waals surface area (Å²) in [6, 6.07) is 5.43. The smallest absolute Gasteiger partial charge is 0.406 e. The number of alkyl halides is 3. The molecule has 0 N–H and O–H groups in total. The van der Waals surface area contributed by atoms with Gasteiger partial charge in [0.05, 0.1) is 0 Å². The molecule has 0 saturated carbocycles. The van der Waals surface area contributed by atoms with Crippen LogP contribution in [0, 0.1) is 0 Å². The second kappa shape index (κ2) is 8.17. The van der Waals surface area contributed by atoms with Crippen LogP contribution in [0.5, 0.6) is 5.75 Å². The van der Waals surface area contributed by atoms with Crippen molar-refractivity contribution in [3.63, 3.8) is 0 Å². The van der Waals surface area contributed by atoms with E-state index in [4.69, 9.17) is 0 Å². The molecule has 0 aliphatic heterocycles. The van der Waals surface area contributed by atoms with E-state index in [1.54, 1.807) is 13.0 Å². The summed E-state index contributed by atoms with van der Waals surface area (Å²) >= 11 is 0. The first-order chi connectivity index (χ1) is 10.8. The monoisotopic (exact) mass is 326 g/mol. The zero-order valence-electron chi connectivity index (χ0n) is 12.6. The summed E-state index contributed by atoms with van der Waals surface area (Å²) in [6.07, 6.45) is -1.82. The third kappa shape index (κ3) is 6.37. The summed E-state index contributed by atoms with van der Waals surface area (Å²) in [5.74, 6) is -0.767. The zero-order chi connectivity index (χ0) is 17.5. The first kappa shape index (κ1) is 18.5. The van der Waals surface area contributed by atoms with Crippen molar-refractivity contribution in [1.29, 1.82) is 0 Å². The van der Waals surface area contributed by atoms with E-state index >= 15 is 0 Å². The molecule has 1 aromatic rings. The van der Waals surface area contributed by atoms with Gasteiger partial charge in [-0.3, -0.25) is 9.79 Å². The van der Waals surface area contributed by atoms with E-state index in [-0.39, 0.29) is 24.5 Å². The fourth-order valence-electron chi connectivity index (χ4n) is 1.83. The molecular formula is C16H17F3N2O2. The summed E-state index contributed by atoms with van der Waals surface area (Å²) in [5.41, 5.74) is 0.521. The van der Waals surface area contributed by atoms with Crippen molar-refractivity contribution in [2.45, 2.75) is 19.8 Å². The average Bonchev–Trinajstić information content (AvgIpc) is 2.45. The maximum Gasteiger partial charge on any atom is 0.573 e. The van der Waals surface area contributed by atoms with E-state index in [1.165, 1.54) is 35.4 Å². The predicted octanol–water partition coefficient (Wildman–Crippen LogP) is 3.70. The number of carbonyl (C=O) groups is 1. The highest BCUT2D eigenvalue weighted by atomic mass is 19.4. The van der Waals surface area contributed by atoms with Gasteiger partial charge in [-0.05, 0) is 24.6 Å². The molecule has 1 amide bonds. The van der Waals surface area contributed by atoms with E-state index in [1.807, 2.05) is 0 Å². The number of aliphatic imine (C=N–C) groups is 1. The van der Waals surface area contributed by atoms with E-state index in [0.717, 1.165) is 0 Å². The van der Waals surface area contributed by atoms with E-state index in [2.05, 4.69) is 22.9 Å². The molecule has 0 aliphatic carbocycles. The minimum Gasteiger partial charge on any atom is -0.406 e. The lowest BCUT2D eigenvalue weighted by Gasteiger charge is -2.21. The largest absolute Gasteiger partial charge is 0.573 e. The number of carbonyl (C=O) groups excluding carboxylic acids is 1. The second-order valence-electron chi connectivity index (χ2n) is 4.50. The minimum absolute atomic E-state index is 0.0389. The lowest BCUT2D eigenvalue weighted by Crippen LogP contribution is -2.31. The van der Waals surface area contributed by atoms with Crippen LogP contribution in [0.2, 0.25) is 0 Å². The van der Waals surface area contributed by atoms with E-state index in [9.17, 15) is 18.0 Å². The fraction of sp³-hybridized carbons (Fsp3) is 0.250. The minimum atomic E-state index is -4.76. The average molecular weight is 326 g/mol. The molecule has 0 bridgehead atoms. The van der Waals surface area contributed by atoms with Crippen LogP contribution in [0.25, 0.3) is 0 Å². The Hall–Kier alpha value is -2.57. The van der Waals surface area contributed by atoms with Gasteiger partial charge in [0.25, 0.3) is 5.91 Å². The number of hydrogen-bond donors (Lipinski definition) is 0. The Labute approximate surface area is 132 Å². The first-order valence-electron chi connectivity index (χ1n) is 6.69. The van der Waals surface area contributed by atoms with Crippen LogP contribution in [0.4, 0.5) is 13.2 Å². The van der Waals surface area contributed by atoms with Gasteiger partial charge < -0.3 is 9.64 Å². The zero-order valence-corrected chi connectivity index (χ0v) is 12.6. The molecular weight excluding hydrogens is 309 g/mol. The summed E-state index contributed by atoms with van der Waals surface area (Å²) in [7, 11) is 0. The van der Waals surface area contributed by atoms with Crippen molar-refractivity contribution in [2.75, 3.05) is 6.54 Å². The highest BCUT2D eigenvalue weighted by molar-refractivity contribution is 5.93. The number of hydrogen-bond acceptors (Lipinski definition) is 3. The third-order valence-corrected chi connectivity index (χ3v) is 2.67. The fourth-order valence-corrected chi connectivity index (χ4v) is 1.83. The van der Waals surface area contributed by atoms with Gasteiger partial charge in [0.15, 0.2) is 0 Å². The van der Waals surface area contributed by atoms with Crippen LogP contribution in [-0.2, 0) is 11.3 Å². The van der Waals surface area contributed by atoms with E-state index in [0.29, 0.717) is 5.56 Å². The predicted molar refractivity (Wildman–Crippen MR) is 82.0 cm³/mol. The van der Waals surface area contributed by atoms with Crippen LogP contribution in [0.15, 0.2) is 54.2 Å². The molecule has 0 heterocycles. The quantitative estimate of drug-likeness (QED) is 0.435. The lowest BCUT2D eigenvalue weighted by molar-refractivity contribution is -0.274. The number of halogens is 3. The highest BCUT2D eigenvalue weighted by Crippen LogP contribution is 2.24. The molecule has 0 spiro atoms. The van der Waals surface area contributed by atoms with Gasteiger partial charge in [-0.25, -0.2) is 0 Å². The molecule has 7 heteroatoms. The third-order valence-electron chi connectivity index (χ3n) is 2.67. The van der Waals surface area contributed by atoms with Crippen molar-refractivity contribution in [2.24, 2.45) is 4.99 Å². The van der Waals surface area contributed by atoms with Gasteiger partial charge in [0.1, 0.15) is 11.4 Å². The molecule has 4 nitrogen and oxygen atoms in total. The number of amides is 1. The molecule has 0 unspecified atom stereocenters. The summed E-state index contributed by atoms with van der Waals surface area (Å²) < 4.78 is 40.6. The molecule has 124 valence electrons. The second-order valence-corrected chi connectivity index (χ2v) is 4.50. The van der Waals surface area contributed by atoms with Gasteiger partial charge in [-0.2, -0.15) is 0 Å². The summed E-state index contributed by atoms with van der Waals surface area (Å²) in [6.45, 7) is 9.06. The van der Waals surface area contributed by atoms with E-state index < -0.39 is 12.3 Å². The van der Waals surface area contributed by atoms with Crippen LogP contribution in [-0.4, -0.2) is 29.9 Å². The molecule has 0 saturated heterocycles. The molecule has 0 atom stereocenters. The molecule has 0 aliphatic rings. The summed E-state index contributed by atoms with van der Waals surface area (Å²) in [5, 5.41) is 0. The number of benzene rings is 1. The standard InChI is InChI=1S/C16H17F3N2O2/c1-4-9-21(15(22)12(3)20-5-2)11-13-7-6-8-14(10-13)23-16(17,18)19/h4-8,10H,1,3,9,11H2,2H3.